The van der Waals surface area contributed by atoms with Crippen LogP contribution in [0.25, 0.3) is 0 Å². The summed E-state index contributed by atoms with van der Waals surface area (Å²) in [6.07, 6.45) is 0. The molecule has 0 bridgehead atoms. The van der Waals surface area contributed by atoms with Crippen LogP contribution in [0.4, 0.5) is 4.79 Å². The lowest BCUT2D eigenvalue weighted by Gasteiger charge is -2.33. The smallest absolute Gasteiger partial charge is 0.323 e. The van der Waals surface area contributed by atoms with E-state index in [1.807, 2.05) is 11.6 Å². The fourth-order valence-electron chi connectivity index (χ4n) is 1.93. The normalized spacial score (nSPS) is 14.1. The van der Waals surface area contributed by atoms with E-state index in [0.717, 1.165) is 5.56 Å². The predicted octanol–water partition coefficient (Wildman–Crippen LogP) is 0.990. The highest BCUT2D eigenvalue weighted by atomic mass is 32.2. The van der Waals surface area contributed by atoms with Gasteiger partial charge in [-0.1, -0.05) is 31.5 Å². The summed E-state index contributed by atoms with van der Waals surface area (Å²) in [5, 5.41) is 3.95. The largest absolute Gasteiger partial charge is 0.330 e. The fraction of sp³-hybridized carbons (Fsp3) is 0.500. The number of benzene rings is 1. The van der Waals surface area contributed by atoms with Crippen LogP contribution >= 0.6 is 0 Å². The zero-order chi connectivity index (χ0) is 19.4. The third-order valence-corrected chi connectivity index (χ3v) is 5.23. The first kappa shape index (κ1) is 20.9. The molecule has 0 fully saturated rings. The molecule has 0 saturated carbocycles. The maximum absolute atomic E-state index is 12.6. The highest BCUT2D eigenvalue weighted by molar-refractivity contribution is 7.90. The number of hydrogen-bond acceptors (Lipinski definition) is 5. The van der Waals surface area contributed by atoms with Crippen molar-refractivity contribution >= 4 is 22.0 Å². The van der Waals surface area contributed by atoms with E-state index in [1.54, 1.807) is 40.1 Å². The van der Waals surface area contributed by atoms with Crippen LogP contribution in [0, 0.1) is 12.8 Å². The summed E-state index contributed by atoms with van der Waals surface area (Å²) in [4.78, 5) is 24.6. The Bertz CT molecular complexity index is 729. The molecule has 140 valence electrons. The number of hydrazine groups is 1. The lowest BCUT2D eigenvalue weighted by atomic mass is 9.88. The molecule has 1 atom stereocenters. The van der Waals surface area contributed by atoms with Crippen LogP contribution in [0.1, 0.15) is 26.3 Å². The van der Waals surface area contributed by atoms with Crippen LogP contribution < -0.4 is 15.5 Å². The van der Waals surface area contributed by atoms with Gasteiger partial charge in [0, 0.05) is 14.1 Å². The standard InChI is InChI=1S/C16H26N4O4S/c1-11(2)16(4,17-15(22)18-20(5)6)14(21)19-25(23,24)13-9-7-12(3)8-10-13/h7-11H,1-6H3,(H,19,21)(H2,17,18,22). The van der Waals surface area contributed by atoms with Crippen molar-refractivity contribution in [1.29, 1.82) is 0 Å². The van der Waals surface area contributed by atoms with Crippen LogP contribution in [-0.4, -0.2) is 45.0 Å². The number of carbonyl (C=O) groups excluding carboxylic acids is 2. The third-order valence-electron chi connectivity index (χ3n) is 3.88. The minimum absolute atomic E-state index is 0.0182. The van der Waals surface area contributed by atoms with Gasteiger partial charge >= 0.3 is 6.03 Å². The van der Waals surface area contributed by atoms with Gasteiger partial charge in [-0.05, 0) is 31.9 Å². The number of aryl methyl sites for hydroxylation is 1. The molecule has 0 aliphatic heterocycles. The lowest BCUT2D eigenvalue weighted by Crippen LogP contribution is -2.63. The summed E-state index contributed by atoms with van der Waals surface area (Å²) in [7, 11) is -0.795. The van der Waals surface area contributed by atoms with Gasteiger partial charge < -0.3 is 5.32 Å². The summed E-state index contributed by atoms with van der Waals surface area (Å²) >= 11 is 0. The van der Waals surface area contributed by atoms with Gasteiger partial charge in [0.1, 0.15) is 5.54 Å². The topological polar surface area (TPSA) is 108 Å². The highest BCUT2D eigenvalue weighted by Gasteiger charge is 2.40. The molecule has 0 radical (unpaired) electrons. The molecule has 25 heavy (non-hydrogen) atoms. The fourth-order valence-corrected chi connectivity index (χ4v) is 3.00. The van der Waals surface area contributed by atoms with Crippen LogP contribution in [-0.2, 0) is 14.8 Å². The summed E-state index contributed by atoms with van der Waals surface area (Å²) in [5.74, 6) is -1.16. The first-order chi connectivity index (χ1) is 11.4. The Hall–Kier alpha value is -2.13. The molecule has 0 spiro atoms. The molecule has 0 aliphatic carbocycles. The molecule has 8 nitrogen and oxygen atoms in total. The van der Waals surface area contributed by atoms with Gasteiger partial charge in [0.25, 0.3) is 15.9 Å². The summed E-state index contributed by atoms with van der Waals surface area (Å²) in [5.41, 5.74) is 1.95. The first-order valence-electron chi connectivity index (χ1n) is 7.78. The summed E-state index contributed by atoms with van der Waals surface area (Å²) in [6, 6.07) is 5.52. The van der Waals surface area contributed by atoms with Crippen molar-refractivity contribution in [1.82, 2.24) is 20.5 Å². The van der Waals surface area contributed by atoms with E-state index in [0.29, 0.717) is 0 Å². The van der Waals surface area contributed by atoms with E-state index in [-0.39, 0.29) is 10.8 Å². The molecule has 0 heterocycles. The zero-order valence-electron chi connectivity index (χ0n) is 15.4. The molecule has 1 unspecified atom stereocenters. The van der Waals surface area contributed by atoms with Crippen molar-refractivity contribution in [2.45, 2.75) is 38.1 Å². The van der Waals surface area contributed by atoms with Crippen molar-refractivity contribution in [2.24, 2.45) is 5.92 Å². The molecule has 1 aromatic rings. The number of nitrogens with one attached hydrogen (secondary N) is 3. The van der Waals surface area contributed by atoms with E-state index in [9.17, 15) is 18.0 Å². The molecule has 0 saturated heterocycles. The van der Waals surface area contributed by atoms with Crippen molar-refractivity contribution in [3.05, 3.63) is 29.8 Å². The summed E-state index contributed by atoms with van der Waals surface area (Å²) in [6.45, 7) is 6.74. The van der Waals surface area contributed by atoms with Crippen LogP contribution in [0.3, 0.4) is 0 Å². The lowest BCUT2D eigenvalue weighted by molar-refractivity contribution is -0.126. The minimum Gasteiger partial charge on any atom is -0.323 e. The average Bonchev–Trinajstić information content (AvgIpc) is 2.45. The Kier molecular flexibility index (Phi) is 6.55. The molecule has 3 amide bonds. The van der Waals surface area contributed by atoms with Gasteiger partial charge in [0.2, 0.25) is 0 Å². The van der Waals surface area contributed by atoms with E-state index >= 15 is 0 Å². The van der Waals surface area contributed by atoms with E-state index < -0.39 is 27.5 Å². The van der Waals surface area contributed by atoms with E-state index in [4.69, 9.17) is 0 Å². The van der Waals surface area contributed by atoms with Crippen LogP contribution in [0.2, 0.25) is 0 Å². The van der Waals surface area contributed by atoms with Gasteiger partial charge in [-0.3, -0.25) is 10.2 Å². The Morgan fingerprint density at radius 1 is 1.12 bits per heavy atom. The number of urea groups is 1. The van der Waals surface area contributed by atoms with Crippen LogP contribution in [0.5, 0.6) is 0 Å². The van der Waals surface area contributed by atoms with E-state index in [2.05, 4.69) is 10.7 Å². The Balaban J connectivity index is 3.03. The van der Waals surface area contributed by atoms with Crippen molar-refractivity contribution in [3.8, 4) is 0 Å². The second kappa shape index (κ2) is 7.83. The molecule has 1 aromatic carbocycles. The quantitative estimate of drug-likeness (QED) is 0.647. The highest BCUT2D eigenvalue weighted by Crippen LogP contribution is 2.19. The van der Waals surface area contributed by atoms with E-state index in [1.165, 1.54) is 24.1 Å². The maximum atomic E-state index is 12.6. The number of carbonyl (C=O) groups is 2. The van der Waals surface area contributed by atoms with Crippen molar-refractivity contribution in [2.75, 3.05) is 14.1 Å². The van der Waals surface area contributed by atoms with Gasteiger partial charge in [0.05, 0.1) is 4.90 Å². The molecule has 0 aliphatic rings. The van der Waals surface area contributed by atoms with Gasteiger partial charge in [0.15, 0.2) is 0 Å². The number of amides is 3. The first-order valence-corrected chi connectivity index (χ1v) is 9.27. The monoisotopic (exact) mass is 370 g/mol. The molecular weight excluding hydrogens is 344 g/mol. The predicted molar refractivity (Wildman–Crippen MR) is 95.1 cm³/mol. The average molecular weight is 370 g/mol. The van der Waals surface area contributed by atoms with Crippen LogP contribution in [0.15, 0.2) is 29.2 Å². The number of sulfonamides is 1. The second-order valence-corrected chi connectivity index (χ2v) is 8.25. The second-order valence-electron chi connectivity index (χ2n) is 6.57. The molecule has 3 N–H and O–H groups in total. The van der Waals surface area contributed by atoms with Crippen molar-refractivity contribution in [3.63, 3.8) is 0 Å². The zero-order valence-corrected chi connectivity index (χ0v) is 16.2. The Morgan fingerprint density at radius 3 is 2.08 bits per heavy atom. The van der Waals surface area contributed by atoms with Crippen molar-refractivity contribution < 1.29 is 18.0 Å². The van der Waals surface area contributed by atoms with Gasteiger partial charge in [-0.25, -0.2) is 22.9 Å². The number of hydrogen-bond donors (Lipinski definition) is 3. The van der Waals surface area contributed by atoms with Gasteiger partial charge in [-0.15, -0.1) is 0 Å². The maximum Gasteiger partial charge on any atom is 0.330 e. The number of nitrogens with zero attached hydrogens (tertiary/aromatic N) is 1. The third kappa shape index (κ3) is 5.43. The molecular formula is C16H26N4O4S. The number of rotatable bonds is 6. The molecule has 0 aromatic heterocycles. The summed E-state index contributed by atoms with van der Waals surface area (Å²) < 4.78 is 26.9. The SMILES string of the molecule is Cc1ccc(S(=O)(=O)NC(=O)C(C)(NC(=O)NN(C)C)C(C)C)cc1. The Morgan fingerprint density at radius 2 is 1.64 bits per heavy atom. The van der Waals surface area contributed by atoms with Gasteiger partial charge in [-0.2, -0.15) is 0 Å². The Labute approximate surface area is 149 Å². The minimum atomic E-state index is -4.03. The molecule has 9 heteroatoms. The molecule has 1 rings (SSSR count).